The zero-order valence-corrected chi connectivity index (χ0v) is 13.2. The maximum atomic E-state index is 6.39. The Labute approximate surface area is 129 Å². The van der Waals surface area contributed by atoms with Gasteiger partial charge in [0.05, 0.1) is 43.2 Å². The summed E-state index contributed by atoms with van der Waals surface area (Å²) in [6, 6.07) is 5.51. The van der Waals surface area contributed by atoms with Gasteiger partial charge in [-0.1, -0.05) is 23.7 Å². The number of aryl methyl sites for hydroxylation is 1. The van der Waals surface area contributed by atoms with Crippen molar-refractivity contribution in [2.75, 3.05) is 20.8 Å². The van der Waals surface area contributed by atoms with E-state index in [1.165, 1.54) is 0 Å². The first-order chi connectivity index (χ1) is 10.1. The first-order valence-electron chi connectivity index (χ1n) is 6.68. The Hall–Kier alpha value is -1.56. The summed E-state index contributed by atoms with van der Waals surface area (Å²) in [5, 5.41) is 4.80. The maximum absolute atomic E-state index is 6.39. The van der Waals surface area contributed by atoms with E-state index in [1.54, 1.807) is 25.1 Å². The topological polar surface area (TPSA) is 62.3 Å². The lowest BCUT2D eigenvalue weighted by molar-refractivity contribution is 0.182. The third kappa shape index (κ3) is 3.37. The molecule has 114 valence electrons. The maximum Gasteiger partial charge on any atom is 0.124 e. The van der Waals surface area contributed by atoms with Crippen LogP contribution in [0, 0.1) is 6.92 Å². The van der Waals surface area contributed by atoms with E-state index in [2.05, 4.69) is 5.10 Å². The molecule has 1 aromatic heterocycles. The quantitative estimate of drug-likeness (QED) is 0.890. The molecule has 0 saturated heterocycles. The van der Waals surface area contributed by atoms with Gasteiger partial charge < -0.3 is 15.2 Å². The predicted octanol–water partition coefficient (Wildman–Crippen LogP) is 2.55. The molecule has 2 N–H and O–H groups in total. The molecule has 0 radical (unpaired) electrons. The van der Waals surface area contributed by atoms with E-state index in [1.807, 2.05) is 25.1 Å². The Bertz CT molecular complexity index is 613. The number of methoxy groups -OCH3 is 2. The van der Waals surface area contributed by atoms with Gasteiger partial charge in [0, 0.05) is 12.7 Å². The molecular weight excluding hydrogens is 290 g/mol. The second-order valence-corrected chi connectivity index (χ2v) is 5.22. The molecule has 1 aromatic carbocycles. The number of rotatable bonds is 6. The second kappa shape index (κ2) is 6.93. The highest BCUT2D eigenvalue weighted by atomic mass is 35.5. The van der Waals surface area contributed by atoms with Crippen molar-refractivity contribution < 1.29 is 9.47 Å². The third-order valence-corrected chi connectivity index (χ3v) is 3.65. The minimum absolute atomic E-state index is 0.410. The van der Waals surface area contributed by atoms with Crippen LogP contribution < -0.4 is 10.5 Å². The average Bonchev–Trinajstić information content (AvgIpc) is 2.85. The highest BCUT2D eigenvalue weighted by Crippen LogP contribution is 2.32. The first kappa shape index (κ1) is 15.8. The van der Waals surface area contributed by atoms with Crippen LogP contribution in [-0.2, 0) is 11.3 Å². The van der Waals surface area contributed by atoms with Crippen molar-refractivity contribution in [3.63, 3.8) is 0 Å². The summed E-state index contributed by atoms with van der Waals surface area (Å²) in [6.45, 7) is 3.15. The normalized spacial score (nSPS) is 12.4. The van der Waals surface area contributed by atoms with Crippen molar-refractivity contribution in [3.05, 3.63) is 46.2 Å². The number of hydrogen-bond acceptors (Lipinski definition) is 4. The molecule has 0 fully saturated rings. The lowest BCUT2D eigenvalue weighted by atomic mass is 10.0. The van der Waals surface area contributed by atoms with Crippen molar-refractivity contribution in [2.24, 2.45) is 5.73 Å². The van der Waals surface area contributed by atoms with E-state index in [0.29, 0.717) is 18.2 Å². The Morgan fingerprint density at radius 1 is 1.38 bits per heavy atom. The highest BCUT2D eigenvalue weighted by Gasteiger charge is 2.21. The SMILES string of the molecule is COCCn1ncc(Cl)c1C(N)c1ccc(C)cc1OC. The number of hydrogen-bond donors (Lipinski definition) is 1. The van der Waals surface area contributed by atoms with Gasteiger partial charge >= 0.3 is 0 Å². The van der Waals surface area contributed by atoms with Crippen LogP contribution in [0.4, 0.5) is 0 Å². The van der Waals surface area contributed by atoms with Crippen LogP contribution in [0.15, 0.2) is 24.4 Å². The van der Waals surface area contributed by atoms with Gasteiger partial charge in [-0.2, -0.15) is 5.10 Å². The summed E-state index contributed by atoms with van der Waals surface area (Å²) in [6.07, 6.45) is 1.60. The number of benzene rings is 1. The van der Waals surface area contributed by atoms with Crippen molar-refractivity contribution in [1.82, 2.24) is 9.78 Å². The predicted molar refractivity (Wildman–Crippen MR) is 82.9 cm³/mol. The number of nitrogens with two attached hydrogens (primary N) is 1. The van der Waals surface area contributed by atoms with E-state index < -0.39 is 6.04 Å². The Morgan fingerprint density at radius 3 is 2.81 bits per heavy atom. The molecule has 6 heteroatoms. The summed E-state index contributed by atoms with van der Waals surface area (Å²) in [5.74, 6) is 0.748. The van der Waals surface area contributed by atoms with Gasteiger partial charge in [0.1, 0.15) is 5.75 Å². The Morgan fingerprint density at radius 2 is 2.14 bits per heavy atom. The molecule has 21 heavy (non-hydrogen) atoms. The van der Waals surface area contributed by atoms with Gasteiger partial charge in [-0.15, -0.1) is 0 Å². The molecule has 0 bridgehead atoms. The molecule has 0 aliphatic rings. The average molecular weight is 310 g/mol. The van der Waals surface area contributed by atoms with E-state index in [4.69, 9.17) is 26.8 Å². The van der Waals surface area contributed by atoms with Crippen molar-refractivity contribution >= 4 is 11.6 Å². The van der Waals surface area contributed by atoms with Crippen molar-refractivity contribution in [3.8, 4) is 5.75 Å². The van der Waals surface area contributed by atoms with Crippen LogP contribution in [0.1, 0.15) is 22.9 Å². The lowest BCUT2D eigenvalue weighted by Gasteiger charge is -2.18. The van der Waals surface area contributed by atoms with Crippen molar-refractivity contribution in [2.45, 2.75) is 19.5 Å². The summed E-state index contributed by atoms with van der Waals surface area (Å²) in [5.41, 5.74) is 9.15. The minimum Gasteiger partial charge on any atom is -0.496 e. The van der Waals surface area contributed by atoms with Gasteiger partial charge in [0.15, 0.2) is 0 Å². The zero-order valence-electron chi connectivity index (χ0n) is 12.5. The molecule has 1 unspecified atom stereocenters. The van der Waals surface area contributed by atoms with Gasteiger partial charge in [-0.3, -0.25) is 4.68 Å². The molecule has 1 atom stereocenters. The number of nitrogens with zero attached hydrogens (tertiary/aromatic N) is 2. The Kier molecular flexibility index (Phi) is 5.22. The molecule has 0 aliphatic carbocycles. The van der Waals surface area contributed by atoms with Gasteiger partial charge in [-0.05, 0) is 18.6 Å². The van der Waals surface area contributed by atoms with Crippen LogP contribution in [0.25, 0.3) is 0 Å². The van der Waals surface area contributed by atoms with E-state index in [0.717, 1.165) is 22.6 Å². The van der Waals surface area contributed by atoms with E-state index >= 15 is 0 Å². The molecule has 0 saturated carbocycles. The van der Waals surface area contributed by atoms with Crippen LogP contribution in [0.2, 0.25) is 5.02 Å². The molecule has 5 nitrogen and oxygen atoms in total. The smallest absolute Gasteiger partial charge is 0.124 e. The standard InChI is InChI=1S/C15H20ClN3O2/c1-10-4-5-11(13(8-10)21-3)14(17)15-12(16)9-18-19(15)6-7-20-2/h4-5,8-9,14H,6-7,17H2,1-3H3. The van der Waals surface area contributed by atoms with Crippen LogP contribution >= 0.6 is 11.6 Å². The first-order valence-corrected chi connectivity index (χ1v) is 7.06. The third-order valence-electron chi connectivity index (χ3n) is 3.36. The van der Waals surface area contributed by atoms with Crippen LogP contribution in [-0.4, -0.2) is 30.6 Å². The number of ether oxygens (including phenoxy) is 2. The molecular formula is C15H20ClN3O2. The second-order valence-electron chi connectivity index (χ2n) is 4.82. The van der Waals surface area contributed by atoms with Gasteiger partial charge in [0.2, 0.25) is 0 Å². The highest BCUT2D eigenvalue weighted by molar-refractivity contribution is 6.31. The fourth-order valence-corrected chi connectivity index (χ4v) is 2.52. The van der Waals surface area contributed by atoms with E-state index in [-0.39, 0.29) is 0 Å². The molecule has 2 aromatic rings. The van der Waals surface area contributed by atoms with Crippen LogP contribution in [0.3, 0.4) is 0 Å². The minimum atomic E-state index is -0.410. The monoisotopic (exact) mass is 309 g/mol. The largest absolute Gasteiger partial charge is 0.496 e. The van der Waals surface area contributed by atoms with Crippen molar-refractivity contribution in [1.29, 1.82) is 0 Å². The fourth-order valence-electron chi connectivity index (χ4n) is 2.26. The molecule has 2 rings (SSSR count). The summed E-state index contributed by atoms with van der Waals surface area (Å²) in [7, 11) is 3.28. The summed E-state index contributed by atoms with van der Waals surface area (Å²) >= 11 is 6.25. The van der Waals surface area contributed by atoms with Gasteiger partial charge in [-0.25, -0.2) is 0 Å². The molecule has 0 aliphatic heterocycles. The van der Waals surface area contributed by atoms with Crippen LogP contribution in [0.5, 0.6) is 5.75 Å². The summed E-state index contributed by atoms with van der Waals surface area (Å²) in [4.78, 5) is 0. The van der Waals surface area contributed by atoms with Gasteiger partial charge in [0.25, 0.3) is 0 Å². The lowest BCUT2D eigenvalue weighted by Crippen LogP contribution is -2.20. The molecule has 0 spiro atoms. The fraction of sp³-hybridized carbons (Fsp3) is 0.400. The van der Waals surface area contributed by atoms with E-state index in [9.17, 15) is 0 Å². The number of halogens is 1. The zero-order chi connectivity index (χ0) is 15.4. The molecule has 1 heterocycles. The Balaban J connectivity index is 2.40. The molecule has 0 amide bonds. The number of aromatic nitrogens is 2. The summed E-state index contributed by atoms with van der Waals surface area (Å²) < 4.78 is 12.3.